The summed E-state index contributed by atoms with van der Waals surface area (Å²) in [7, 11) is 0. The maximum absolute atomic E-state index is 12.0. The van der Waals surface area contributed by atoms with Crippen molar-refractivity contribution in [3.8, 4) is 0 Å². The van der Waals surface area contributed by atoms with Gasteiger partial charge in [0.15, 0.2) is 0 Å². The van der Waals surface area contributed by atoms with Gasteiger partial charge in [0.2, 0.25) is 0 Å². The van der Waals surface area contributed by atoms with Gasteiger partial charge >= 0.3 is 12.0 Å². The van der Waals surface area contributed by atoms with E-state index in [4.69, 9.17) is 5.11 Å². The van der Waals surface area contributed by atoms with Gasteiger partial charge in [-0.1, -0.05) is 32.4 Å². The third-order valence-electron chi connectivity index (χ3n) is 4.13. The fourth-order valence-corrected chi connectivity index (χ4v) is 2.80. The molecule has 0 radical (unpaired) electrons. The molecule has 1 aliphatic rings. The van der Waals surface area contributed by atoms with Crippen molar-refractivity contribution >= 4 is 17.7 Å². The Bertz CT molecular complexity index is 523. The highest BCUT2D eigenvalue weighted by Crippen LogP contribution is 2.37. The molecule has 1 unspecified atom stereocenters. The van der Waals surface area contributed by atoms with Crippen LogP contribution in [0.5, 0.6) is 0 Å². The van der Waals surface area contributed by atoms with Crippen LogP contribution in [0.15, 0.2) is 24.3 Å². The van der Waals surface area contributed by atoms with Gasteiger partial charge in [-0.2, -0.15) is 0 Å². The average Bonchev–Trinajstić information content (AvgIpc) is 2.70. The summed E-state index contributed by atoms with van der Waals surface area (Å²) in [6.07, 6.45) is 3.27. The number of carboxylic acids is 1. The van der Waals surface area contributed by atoms with E-state index in [2.05, 4.69) is 24.5 Å². The summed E-state index contributed by atoms with van der Waals surface area (Å²) in [5.74, 6) is -0.864. The van der Waals surface area contributed by atoms with E-state index >= 15 is 0 Å². The van der Waals surface area contributed by atoms with Crippen molar-refractivity contribution in [1.29, 1.82) is 0 Å². The molecule has 21 heavy (non-hydrogen) atoms. The molecule has 0 saturated heterocycles. The zero-order valence-electron chi connectivity index (χ0n) is 12.5. The van der Waals surface area contributed by atoms with Crippen molar-refractivity contribution in [1.82, 2.24) is 5.32 Å². The lowest BCUT2D eigenvalue weighted by molar-refractivity contribution is -0.136. The van der Waals surface area contributed by atoms with Gasteiger partial charge in [-0.05, 0) is 36.0 Å². The summed E-state index contributed by atoms with van der Waals surface area (Å²) in [6.45, 7) is 4.34. The lowest BCUT2D eigenvalue weighted by Crippen LogP contribution is -2.43. The number of urea groups is 1. The highest BCUT2D eigenvalue weighted by Gasteiger charge is 2.35. The maximum Gasteiger partial charge on any atom is 0.319 e. The quantitative estimate of drug-likeness (QED) is 0.797. The first-order valence-corrected chi connectivity index (χ1v) is 7.25. The number of nitrogens with one attached hydrogen (secondary N) is 2. The van der Waals surface area contributed by atoms with Gasteiger partial charge in [0.05, 0.1) is 6.42 Å². The van der Waals surface area contributed by atoms with Crippen molar-refractivity contribution < 1.29 is 14.7 Å². The van der Waals surface area contributed by atoms with Gasteiger partial charge in [0, 0.05) is 11.7 Å². The molecule has 1 aromatic rings. The molecule has 0 aliphatic heterocycles. The number of rotatable bonds is 4. The van der Waals surface area contributed by atoms with E-state index in [9.17, 15) is 9.59 Å². The van der Waals surface area contributed by atoms with Gasteiger partial charge in [-0.15, -0.1) is 0 Å². The van der Waals surface area contributed by atoms with Crippen molar-refractivity contribution in [3.05, 3.63) is 29.8 Å². The largest absolute Gasteiger partial charge is 0.481 e. The molecule has 5 nitrogen and oxygen atoms in total. The van der Waals surface area contributed by atoms with Crippen LogP contribution in [0.4, 0.5) is 10.5 Å². The lowest BCUT2D eigenvalue weighted by Gasteiger charge is -2.27. The molecule has 1 aliphatic carbocycles. The van der Waals surface area contributed by atoms with Crippen LogP contribution in [-0.4, -0.2) is 23.1 Å². The van der Waals surface area contributed by atoms with Crippen LogP contribution in [-0.2, 0) is 11.2 Å². The van der Waals surface area contributed by atoms with E-state index in [0.717, 1.165) is 19.3 Å². The van der Waals surface area contributed by atoms with Crippen molar-refractivity contribution in [2.45, 2.75) is 45.6 Å². The summed E-state index contributed by atoms with van der Waals surface area (Å²) in [4.78, 5) is 22.6. The molecule has 3 N–H and O–H groups in total. The molecule has 0 aromatic heterocycles. The Balaban J connectivity index is 1.89. The third kappa shape index (κ3) is 4.21. The van der Waals surface area contributed by atoms with E-state index in [-0.39, 0.29) is 23.9 Å². The van der Waals surface area contributed by atoms with Gasteiger partial charge in [-0.3, -0.25) is 4.79 Å². The number of carbonyl (C=O) groups excluding carboxylic acids is 1. The summed E-state index contributed by atoms with van der Waals surface area (Å²) in [5.41, 5.74) is 1.52. The standard InChI is InChI=1S/C16H22N2O3/c1-16(2)9-3-4-13(16)18-15(21)17-12-7-5-11(6-8-12)10-14(19)20/h5-8,13H,3-4,9-10H2,1-2H3,(H,19,20)(H2,17,18,21). The Kier molecular flexibility index (Phi) is 4.50. The predicted octanol–water partition coefficient (Wildman–Crippen LogP) is 3.01. The number of carboxylic acid groups (broad SMARTS) is 1. The molecular weight excluding hydrogens is 268 g/mol. The highest BCUT2D eigenvalue weighted by atomic mass is 16.4. The molecule has 1 aromatic carbocycles. The molecule has 1 fully saturated rings. The van der Waals surface area contributed by atoms with Crippen LogP contribution < -0.4 is 10.6 Å². The van der Waals surface area contributed by atoms with E-state index in [0.29, 0.717) is 11.3 Å². The van der Waals surface area contributed by atoms with E-state index < -0.39 is 5.97 Å². The number of hydrogen-bond donors (Lipinski definition) is 3. The molecule has 2 rings (SSSR count). The number of amides is 2. The van der Waals surface area contributed by atoms with Crippen LogP contribution in [0.2, 0.25) is 0 Å². The van der Waals surface area contributed by atoms with Gasteiger partial charge in [0.25, 0.3) is 0 Å². The lowest BCUT2D eigenvalue weighted by atomic mass is 9.87. The number of carbonyl (C=O) groups is 2. The molecular formula is C16H22N2O3. The Morgan fingerprint density at radius 1 is 1.29 bits per heavy atom. The zero-order valence-corrected chi connectivity index (χ0v) is 12.5. The highest BCUT2D eigenvalue weighted by molar-refractivity contribution is 5.89. The molecule has 0 spiro atoms. The van der Waals surface area contributed by atoms with Crippen molar-refractivity contribution in [3.63, 3.8) is 0 Å². The zero-order chi connectivity index (χ0) is 15.5. The van der Waals surface area contributed by atoms with E-state index in [1.807, 2.05) is 0 Å². The normalized spacial score (nSPS) is 20.0. The first kappa shape index (κ1) is 15.4. The summed E-state index contributed by atoms with van der Waals surface area (Å²) >= 11 is 0. The fraction of sp³-hybridized carbons (Fsp3) is 0.500. The van der Waals surface area contributed by atoms with Crippen LogP contribution >= 0.6 is 0 Å². The van der Waals surface area contributed by atoms with Crippen LogP contribution in [0, 0.1) is 5.41 Å². The first-order valence-electron chi connectivity index (χ1n) is 7.25. The van der Waals surface area contributed by atoms with Crippen LogP contribution in [0.3, 0.4) is 0 Å². The smallest absolute Gasteiger partial charge is 0.319 e. The maximum atomic E-state index is 12.0. The summed E-state index contributed by atoms with van der Waals surface area (Å²) < 4.78 is 0. The van der Waals surface area contributed by atoms with Gasteiger partial charge in [0.1, 0.15) is 0 Å². The van der Waals surface area contributed by atoms with E-state index in [1.54, 1.807) is 24.3 Å². The first-order chi connectivity index (χ1) is 9.87. The predicted molar refractivity (Wildman–Crippen MR) is 81.4 cm³/mol. The van der Waals surface area contributed by atoms with Gasteiger partial charge < -0.3 is 15.7 Å². The Morgan fingerprint density at radius 3 is 2.48 bits per heavy atom. The second-order valence-electron chi connectivity index (χ2n) is 6.30. The number of aliphatic carboxylic acids is 1. The second kappa shape index (κ2) is 6.16. The summed E-state index contributed by atoms with van der Waals surface area (Å²) in [6, 6.07) is 6.85. The van der Waals surface area contributed by atoms with Crippen LogP contribution in [0.1, 0.15) is 38.7 Å². The molecule has 0 heterocycles. The van der Waals surface area contributed by atoms with Crippen molar-refractivity contribution in [2.75, 3.05) is 5.32 Å². The summed E-state index contributed by atoms with van der Waals surface area (Å²) in [5, 5.41) is 14.5. The Labute approximate surface area is 124 Å². The Morgan fingerprint density at radius 2 is 1.95 bits per heavy atom. The number of benzene rings is 1. The number of anilines is 1. The average molecular weight is 290 g/mol. The molecule has 5 heteroatoms. The SMILES string of the molecule is CC1(C)CCCC1NC(=O)Nc1ccc(CC(=O)O)cc1. The topological polar surface area (TPSA) is 78.4 Å². The molecule has 114 valence electrons. The molecule has 0 bridgehead atoms. The fourth-order valence-electron chi connectivity index (χ4n) is 2.80. The minimum absolute atomic E-state index is 0.0112. The molecule has 1 atom stereocenters. The molecule has 1 saturated carbocycles. The molecule has 2 amide bonds. The Hall–Kier alpha value is -2.04. The van der Waals surface area contributed by atoms with Gasteiger partial charge in [-0.25, -0.2) is 4.79 Å². The minimum Gasteiger partial charge on any atom is -0.481 e. The third-order valence-corrected chi connectivity index (χ3v) is 4.13. The number of hydrogen-bond acceptors (Lipinski definition) is 2. The minimum atomic E-state index is -0.864. The van der Waals surface area contributed by atoms with E-state index in [1.165, 1.54) is 0 Å². The van der Waals surface area contributed by atoms with Crippen LogP contribution in [0.25, 0.3) is 0 Å². The monoisotopic (exact) mass is 290 g/mol. The van der Waals surface area contributed by atoms with Crippen molar-refractivity contribution in [2.24, 2.45) is 5.41 Å². The second-order valence-corrected chi connectivity index (χ2v) is 6.30.